The first kappa shape index (κ1) is 11.5. The van der Waals surface area contributed by atoms with Crippen LogP contribution in [-0.2, 0) is 6.42 Å². The molecule has 0 radical (unpaired) electrons. The lowest BCUT2D eigenvalue weighted by molar-refractivity contribution is 0.537. The molecule has 0 aromatic heterocycles. The third kappa shape index (κ3) is 2.08. The van der Waals surface area contributed by atoms with Gasteiger partial charge < -0.3 is 0 Å². The Hall–Kier alpha value is -0.630. The molecular weight excluding hydrogens is 242 g/mol. The van der Waals surface area contributed by atoms with E-state index in [0.717, 1.165) is 17.9 Å². The SMILES string of the molecule is Fc1ccc(CC(Cl)C2C3CCCC32)c(F)c1. The van der Waals surface area contributed by atoms with Crippen molar-refractivity contribution in [1.82, 2.24) is 0 Å². The second-order valence-corrected chi connectivity index (χ2v) is 5.85. The van der Waals surface area contributed by atoms with Crippen molar-refractivity contribution >= 4 is 11.6 Å². The molecule has 0 nitrogen and oxygen atoms in total. The highest BCUT2D eigenvalue weighted by Crippen LogP contribution is 2.60. The van der Waals surface area contributed by atoms with Gasteiger partial charge in [0.15, 0.2) is 0 Å². The van der Waals surface area contributed by atoms with E-state index in [1.165, 1.54) is 31.4 Å². The van der Waals surface area contributed by atoms with E-state index in [0.29, 0.717) is 17.9 Å². The molecule has 2 aliphatic carbocycles. The van der Waals surface area contributed by atoms with Crippen molar-refractivity contribution in [1.29, 1.82) is 0 Å². The van der Waals surface area contributed by atoms with Gasteiger partial charge in [-0.25, -0.2) is 8.78 Å². The Labute approximate surface area is 105 Å². The van der Waals surface area contributed by atoms with Crippen molar-refractivity contribution in [2.24, 2.45) is 17.8 Å². The van der Waals surface area contributed by atoms with Gasteiger partial charge in [-0.05, 0) is 48.6 Å². The number of fused-ring (bicyclic) bond motifs is 1. The van der Waals surface area contributed by atoms with Gasteiger partial charge in [0.2, 0.25) is 0 Å². The summed E-state index contributed by atoms with van der Waals surface area (Å²) in [7, 11) is 0. The molecule has 3 unspecified atom stereocenters. The smallest absolute Gasteiger partial charge is 0.129 e. The normalized spacial score (nSPS) is 32.3. The van der Waals surface area contributed by atoms with Gasteiger partial charge >= 0.3 is 0 Å². The molecule has 1 aromatic rings. The van der Waals surface area contributed by atoms with E-state index < -0.39 is 11.6 Å². The summed E-state index contributed by atoms with van der Waals surface area (Å²) in [6, 6.07) is 3.75. The molecule has 3 atom stereocenters. The Morgan fingerprint density at radius 1 is 1.24 bits per heavy atom. The second-order valence-electron chi connectivity index (χ2n) is 5.29. The molecule has 92 valence electrons. The highest BCUT2D eigenvalue weighted by molar-refractivity contribution is 6.21. The summed E-state index contributed by atoms with van der Waals surface area (Å²) in [6.07, 6.45) is 4.40. The number of halogens is 3. The number of hydrogen-bond acceptors (Lipinski definition) is 0. The molecule has 2 fully saturated rings. The Kier molecular flexibility index (Phi) is 2.86. The van der Waals surface area contributed by atoms with E-state index in [4.69, 9.17) is 11.6 Å². The maximum Gasteiger partial charge on any atom is 0.129 e. The Morgan fingerprint density at radius 2 is 1.94 bits per heavy atom. The second kappa shape index (κ2) is 4.24. The summed E-state index contributed by atoms with van der Waals surface area (Å²) in [5.41, 5.74) is 0.538. The fourth-order valence-corrected chi connectivity index (χ4v) is 3.99. The minimum Gasteiger partial charge on any atom is -0.207 e. The van der Waals surface area contributed by atoms with E-state index in [-0.39, 0.29) is 5.38 Å². The first-order chi connectivity index (χ1) is 8.16. The van der Waals surface area contributed by atoms with Crippen molar-refractivity contribution in [3.05, 3.63) is 35.4 Å². The van der Waals surface area contributed by atoms with Crippen molar-refractivity contribution < 1.29 is 8.78 Å². The van der Waals surface area contributed by atoms with Crippen LogP contribution in [0.5, 0.6) is 0 Å². The molecule has 0 N–H and O–H groups in total. The van der Waals surface area contributed by atoms with E-state index in [1.54, 1.807) is 0 Å². The average Bonchev–Trinajstić information content (AvgIpc) is 2.77. The first-order valence-electron chi connectivity index (χ1n) is 6.25. The molecule has 0 aliphatic heterocycles. The van der Waals surface area contributed by atoms with Crippen molar-refractivity contribution in [2.75, 3.05) is 0 Å². The summed E-state index contributed by atoms with van der Waals surface area (Å²) >= 11 is 6.37. The maximum atomic E-state index is 13.5. The van der Waals surface area contributed by atoms with Crippen molar-refractivity contribution in [3.63, 3.8) is 0 Å². The zero-order chi connectivity index (χ0) is 12.0. The van der Waals surface area contributed by atoms with Crippen LogP contribution in [0.25, 0.3) is 0 Å². The summed E-state index contributed by atoms with van der Waals surface area (Å²) in [4.78, 5) is 0. The zero-order valence-electron chi connectivity index (χ0n) is 9.50. The largest absolute Gasteiger partial charge is 0.207 e. The Balaban J connectivity index is 1.66. The Morgan fingerprint density at radius 3 is 2.59 bits per heavy atom. The third-order valence-corrected chi connectivity index (χ3v) is 4.77. The summed E-state index contributed by atoms with van der Waals surface area (Å²) < 4.78 is 26.3. The monoisotopic (exact) mass is 256 g/mol. The fourth-order valence-electron chi connectivity index (χ4n) is 3.45. The molecule has 2 aliphatic rings. The van der Waals surface area contributed by atoms with Crippen molar-refractivity contribution in [3.8, 4) is 0 Å². The van der Waals surface area contributed by atoms with Crippen LogP contribution in [0.4, 0.5) is 8.78 Å². The highest BCUT2D eigenvalue weighted by Gasteiger charge is 2.55. The molecule has 0 saturated heterocycles. The first-order valence-corrected chi connectivity index (χ1v) is 6.68. The third-order valence-electron chi connectivity index (χ3n) is 4.32. The molecular formula is C14H15ClF2. The van der Waals surface area contributed by atoms with E-state index in [1.807, 2.05) is 0 Å². The van der Waals surface area contributed by atoms with Crippen LogP contribution < -0.4 is 0 Å². The molecule has 0 heterocycles. The van der Waals surface area contributed by atoms with Gasteiger partial charge in [-0.2, -0.15) is 0 Å². The lowest BCUT2D eigenvalue weighted by Crippen LogP contribution is -2.11. The van der Waals surface area contributed by atoms with Crippen LogP contribution in [-0.4, -0.2) is 5.38 Å². The van der Waals surface area contributed by atoms with Gasteiger partial charge in [0.25, 0.3) is 0 Å². The predicted octanol–water partition coefficient (Wildman–Crippen LogP) is 4.16. The van der Waals surface area contributed by atoms with E-state index in [9.17, 15) is 8.78 Å². The van der Waals surface area contributed by atoms with Gasteiger partial charge in [-0.15, -0.1) is 11.6 Å². The van der Waals surface area contributed by atoms with Gasteiger partial charge in [-0.1, -0.05) is 12.5 Å². The number of rotatable bonds is 3. The summed E-state index contributed by atoms with van der Waals surface area (Å²) in [5.74, 6) is 1.12. The molecule has 0 bridgehead atoms. The van der Waals surface area contributed by atoms with Crippen LogP contribution in [0, 0.1) is 29.4 Å². The molecule has 17 heavy (non-hydrogen) atoms. The maximum absolute atomic E-state index is 13.5. The van der Waals surface area contributed by atoms with Crippen LogP contribution in [0.3, 0.4) is 0 Å². The van der Waals surface area contributed by atoms with E-state index in [2.05, 4.69) is 0 Å². The van der Waals surface area contributed by atoms with Crippen LogP contribution in [0.15, 0.2) is 18.2 Å². The van der Waals surface area contributed by atoms with Crippen LogP contribution in [0.1, 0.15) is 24.8 Å². The molecule has 0 amide bonds. The van der Waals surface area contributed by atoms with Gasteiger partial charge in [0.1, 0.15) is 11.6 Å². The number of hydrogen-bond donors (Lipinski definition) is 0. The summed E-state index contributed by atoms with van der Waals surface area (Å²) in [5, 5.41) is 0.00487. The van der Waals surface area contributed by atoms with Crippen LogP contribution >= 0.6 is 11.6 Å². The average molecular weight is 257 g/mol. The molecule has 2 saturated carbocycles. The quantitative estimate of drug-likeness (QED) is 0.713. The van der Waals surface area contributed by atoms with E-state index >= 15 is 0 Å². The number of benzene rings is 1. The Bertz CT molecular complexity index is 422. The van der Waals surface area contributed by atoms with Gasteiger partial charge in [0.05, 0.1) is 0 Å². The summed E-state index contributed by atoms with van der Waals surface area (Å²) in [6.45, 7) is 0. The minimum atomic E-state index is -0.527. The molecule has 3 rings (SSSR count). The lowest BCUT2D eigenvalue weighted by atomic mass is 10.0. The van der Waals surface area contributed by atoms with Crippen LogP contribution in [0.2, 0.25) is 0 Å². The fraction of sp³-hybridized carbons (Fsp3) is 0.571. The topological polar surface area (TPSA) is 0 Å². The standard InChI is InChI=1S/C14H15ClF2/c15-12(14-10-2-1-3-11(10)14)6-8-4-5-9(16)7-13(8)17/h4-5,7,10-12,14H,1-3,6H2. The molecule has 3 heteroatoms. The van der Waals surface area contributed by atoms with Crippen molar-refractivity contribution in [2.45, 2.75) is 31.1 Å². The minimum absolute atomic E-state index is 0.00487. The number of alkyl halides is 1. The zero-order valence-corrected chi connectivity index (χ0v) is 10.3. The molecule has 0 spiro atoms. The van der Waals surface area contributed by atoms with Gasteiger partial charge in [0, 0.05) is 11.4 Å². The van der Waals surface area contributed by atoms with Gasteiger partial charge in [-0.3, -0.25) is 0 Å². The highest BCUT2D eigenvalue weighted by atomic mass is 35.5. The lowest BCUT2D eigenvalue weighted by Gasteiger charge is -2.12. The predicted molar refractivity (Wildman–Crippen MR) is 64.0 cm³/mol. The molecule has 1 aromatic carbocycles.